The molecule has 0 aliphatic carbocycles. The molecule has 2 aliphatic heterocycles. The lowest BCUT2D eigenvalue weighted by Crippen LogP contribution is -2.42. The Kier molecular flexibility index (Phi) is 2.21. The molecule has 2 heterocycles. The maximum atomic E-state index is 10.1. The maximum Gasteiger partial charge on any atom is 0.161 e. The van der Waals surface area contributed by atoms with Gasteiger partial charge in [-0.2, -0.15) is 0 Å². The average molecular weight is 237 g/mol. The lowest BCUT2D eigenvalue weighted by Gasteiger charge is -2.37. The second-order valence-corrected chi connectivity index (χ2v) is 4.81. The molecule has 0 radical (unpaired) electrons. The number of benzene rings is 1. The summed E-state index contributed by atoms with van der Waals surface area (Å²) < 4.78 is 5.89. The van der Waals surface area contributed by atoms with E-state index in [1.807, 2.05) is 0 Å². The Morgan fingerprint density at radius 2 is 2.06 bits per heavy atom. The van der Waals surface area contributed by atoms with Gasteiger partial charge in [0.15, 0.2) is 11.5 Å². The van der Waals surface area contributed by atoms with Gasteiger partial charge in [0, 0.05) is 31.0 Å². The highest BCUT2D eigenvalue weighted by molar-refractivity contribution is 5.51. The van der Waals surface area contributed by atoms with E-state index >= 15 is 0 Å². The summed E-state index contributed by atoms with van der Waals surface area (Å²) in [5.41, 5.74) is 0.161. The van der Waals surface area contributed by atoms with Crippen molar-refractivity contribution >= 4 is 0 Å². The van der Waals surface area contributed by atoms with Crippen LogP contribution in [-0.4, -0.2) is 34.0 Å². The third-order valence-electron chi connectivity index (χ3n) is 3.56. The van der Waals surface area contributed by atoms with Gasteiger partial charge in [0.1, 0.15) is 11.4 Å². The molecule has 2 unspecified atom stereocenters. The minimum Gasteiger partial charge on any atom is -0.504 e. The van der Waals surface area contributed by atoms with Crippen molar-refractivity contribution in [3.05, 3.63) is 17.7 Å². The highest BCUT2D eigenvalue weighted by Gasteiger charge is 2.43. The van der Waals surface area contributed by atoms with Crippen LogP contribution in [0.5, 0.6) is 17.2 Å². The van der Waals surface area contributed by atoms with E-state index in [2.05, 4.69) is 5.32 Å². The standard InChI is InChI=1S/C12H15NO4/c14-8-3-7-10(16)5-12(1-2-13-6-12)17-11(7)4-9(8)15/h3-4,10,13-16H,1-2,5-6H2. The molecule has 1 fully saturated rings. The fourth-order valence-electron chi connectivity index (χ4n) is 2.64. The predicted octanol–water partition coefficient (Wildman–Crippen LogP) is 0.646. The van der Waals surface area contributed by atoms with Gasteiger partial charge in [-0.25, -0.2) is 0 Å². The van der Waals surface area contributed by atoms with Crippen molar-refractivity contribution in [2.45, 2.75) is 24.5 Å². The van der Waals surface area contributed by atoms with Gasteiger partial charge >= 0.3 is 0 Å². The Bertz CT molecular complexity index is 454. The smallest absolute Gasteiger partial charge is 0.161 e. The Balaban J connectivity index is 2.03. The molecule has 0 saturated carbocycles. The summed E-state index contributed by atoms with van der Waals surface area (Å²) in [6, 6.07) is 2.73. The third-order valence-corrected chi connectivity index (χ3v) is 3.56. The van der Waals surface area contributed by atoms with E-state index in [1.165, 1.54) is 12.1 Å². The zero-order valence-corrected chi connectivity index (χ0v) is 9.31. The van der Waals surface area contributed by atoms with Crippen LogP contribution in [-0.2, 0) is 0 Å². The molecule has 4 N–H and O–H groups in total. The van der Waals surface area contributed by atoms with Crippen molar-refractivity contribution in [3.8, 4) is 17.2 Å². The van der Waals surface area contributed by atoms with Gasteiger partial charge in [0.25, 0.3) is 0 Å². The van der Waals surface area contributed by atoms with Crippen molar-refractivity contribution in [1.82, 2.24) is 5.32 Å². The maximum absolute atomic E-state index is 10.1. The molecular formula is C12H15NO4. The average Bonchev–Trinajstić information content (AvgIpc) is 2.70. The number of aliphatic hydroxyl groups excluding tert-OH is 1. The van der Waals surface area contributed by atoms with Gasteiger partial charge in [-0.1, -0.05) is 0 Å². The molecule has 0 bridgehead atoms. The summed E-state index contributed by atoms with van der Waals surface area (Å²) in [6.07, 6.45) is 0.688. The van der Waals surface area contributed by atoms with Gasteiger partial charge in [-0.05, 0) is 12.6 Å². The molecule has 1 aromatic carbocycles. The second-order valence-electron chi connectivity index (χ2n) is 4.81. The van der Waals surface area contributed by atoms with Gasteiger partial charge < -0.3 is 25.4 Å². The van der Waals surface area contributed by atoms with E-state index in [4.69, 9.17) is 4.74 Å². The number of fused-ring (bicyclic) bond motifs is 1. The lowest BCUT2D eigenvalue weighted by molar-refractivity contribution is -0.000666. The molecule has 1 aromatic rings. The first kappa shape index (κ1) is 10.7. The number of aromatic hydroxyl groups is 2. The Morgan fingerprint density at radius 3 is 2.76 bits per heavy atom. The Labute approximate surface area is 98.7 Å². The lowest BCUT2D eigenvalue weighted by atomic mass is 9.88. The molecule has 0 aromatic heterocycles. The van der Waals surface area contributed by atoms with Crippen LogP contribution in [0.15, 0.2) is 12.1 Å². The van der Waals surface area contributed by atoms with Crippen LogP contribution < -0.4 is 10.1 Å². The monoisotopic (exact) mass is 237 g/mol. The number of phenols is 2. The highest BCUT2D eigenvalue weighted by Crippen LogP contribution is 2.45. The van der Waals surface area contributed by atoms with Gasteiger partial charge in [0.2, 0.25) is 0 Å². The number of nitrogens with one attached hydrogen (secondary N) is 1. The Hall–Kier alpha value is -1.46. The highest BCUT2D eigenvalue weighted by atomic mass is 16.5. The van der Waals surface area contributed by atoms with E-state index in [0.717, 1.165) is 13.0 Å². The SMILES string of the molecule is Oc1cc2c(cc1O)C(O)CC1(CCNC1)O2. The number of phenolic OH excluding ortho intramolecular Hbond substituents is 2. The van der Waals surface area contributed by atoms with Crippen LogP contribution in [0.1, 0.15) is 24.5 Å². The quantitative estimate of drug-likeness (QED) is 0.498. The van der Waals surface area contributed by atoms with Crippen LogP contribution in [0.25, 0.3) is 0 Å². The van der Waals surface area contributed by atoms with Gasteiger partial charge in [0.05, 0.1) is 6.10 Å². The number of rotatable bonds is 0. The predicted molar refractivity (Wildman–Crippen MR) is 60.2 cm³/mol. The first-order chi connectivity index (χ1) is 8.10. The molecule has 1 saturated heterocycles. The van der Waals surface area contributed by atoms with Crippen LogP contribution in [0, 0.1) is 0 Å². The second kappa shape index (κ2) is 3.51. The summed E-state index contributed by atoms with van der Waals surface area (Å²) in [6.45, 7) is 1.57. The number of ether oxygens (including phenoxy) is 1. The summed E-state index contributed by atoms with van der Waals surface area (Å²) in [7, 11) is 0. The topological polar surface area (TPSA) is 82.0 Å². The largest absolute Gasteiger partial charge is 0.504 e. The molecule has 3 rings (SSSR count). The normalized spacial score (nSPS) is 31.2. The summed E-state index contributed by atoms with van der Waals surface area (Å²) >= 11 is 0. The van der Waals surface area contributed by atoms with E-state index in [9.17, 15) is 15.3 Å². The zero-order chi connectivity index (χ0) is 12.0. The minimum atomic E-state index is -0.662. The minimum absolute atomic E-state index is 0.223. The summed E-state index contributed by atoms with van der Waals surface area (Å²) in [5, 5.41) is 32.2. The number of hydrogen-bond donors (Lipinski definition) is 4. The van der Waals surface area contributed by atoms with Crippen molar-refractivity contribution in [1.29, 1.82) is 0 Å². The summed E-state index contributed by atoms with van der Waals surface area (Å²) in [4.78, 5) is 0. The number of aliphatic hydroxyl groups is 1. The van der Waals surface area contributed by atoms with E-state index in [1.54, 1.807) is 0 Å². The van der Waals surface area contributed by atoms with E-state index in [0.29, 0.717) is 24.3 Å². The molecule has 0 amide bonds. The summed E-state index contributed by atoms with van der Waals surface area (Å²) in [5.74, 6) is 0.00797. The fourth-order valence-corrected chi connectivity index (χ4v) is 2.64. The molecule has 5 heteroatoms. The van der Waals surface area contributed by atoms with Gasteiger partial charge in [-0.15, -0.1) is 0 Å². The van der Waals surface area contributed by atoms with Crippen molar-refractivity contribution < 1.29 is 20.1 Å². The van der Waals surface area contributed by atoms with Crippen LogP contribution in [0.3, 0.4) is 0 Å². The Morgan fingerprint density at radius 1 is 1.29 bits per heavy atom. The molecule has 1 spiro atoms. The van der Waals surface area contributed by atoms with Crippen molar-refractivity contribution in [2.24, 2.45) is 0 Å². The molecule has 92 valence electrons. The number of hydrogen-bond acceptors (Lipinski definition) is 5. The fraction of sp³-hybridized carbons (Fsp3) is 0.500. The van der Waals surface area contributed by atoms with Crippen LogP contribution in [0.4, 0.5) is 0 Å². The van der Waals surface area contributed by atoms with Crippen molar-refractivity contribution in [3.63, 3.8) is 0 Å². The molecule has 2 aliphatic rings. The van der Waals surface area contributed by atoms with Crippen LogP contribution >= 0.6 is 0 Å². The first-order valence-electron chi connectivity index (χ1n) is 5.73. The molecule has 5 nitrogen and oxygen atoms in total. The van der Waals surface area contributed by atoms with Crippen molar-refractivity contribution in [2.75, 3.05) is 13.1 Å². The van der Waals surface area contributed by atoms with Crippen LogP contribution in [0.2, 0.25) is 0 Å². The zero-order valence-electron chi connectivity index (χ0n) is 9.31. The third kappa shape index (κ3) is 1.62. The van der Waals surface area contributed by atoms with Gasteiger partial charge in [-0.3, -0.25) is 0 Å². The van der Waals surface area contributed by atoms with E-state index < -0.39 is 6.10 Å². The molecule has 17 heavy (non-hydrogen) atoms. The molecular weight excluding hydrogens is 222 g/mol. The molecule has 2 atom stereocenters. The van der Waals surface area contributed by atoms with E-state index in [-0.39, 0.29) is 17.1 Å². The first-order valence-corrected chi connectivity index (χ1v) is 5.73.